The maximum absolute atomic E-state index is 12.7. The van der Waals surface area contributed by atoms with Crippen LogP contribution in [0.15, 0.2) is 48.5 Å². The summed E-state index contributed by atoms with van der Waals surface area (Å²) in [6.07, 6.45) is 1.81. The number of carboxylic acids is 1. The Labute approximate surface area is 252 Å². The third kappa shape index (κ3) is 7.14. The van der Waals surface area contributed by atoms with Crippen LogP contribution in [0.25, 0.3) is 0 Å². The first-order chi connectivity index (χ1) is 17.3. The van der Waals surface area contributed by atoms with Gasteiger partial charge in [0, 0.05) is 51.1 Å². The molecular formula is C27H22Cl3NaO6. The Balaban J connectivity index is 0.00000380. The van der Waals surface area contributed by atoms with Crippen molar-refractivity contribution in [2.45, 2.75) is 31.6 Å². The Bertz CT molecular complexity index is 1300. The number of benzene rings is 3. The Kier molecular flexibility index (Phi) is 10.6. The van der Waals surface area contributed by atoms with Gasteiger partial charge in [-0.1, -0.05) is 34.8 Å². The van der Waals surface area contributed by atoms with Crippen LogP contribution in [0.5, 0.6) is 23.0 Å². The third-order valence-electron chi connectivity index (χ3n) is 5.96. The fourth-order valence-corrected chi connectivity index (χ4v) is 4.90. The van der Waals surface area contributed by atoms with Crippen molar-refractivity contribution in [3.05, 3.63) is 80.3 Å². The van der Waals surface area contributed by atoms with E-state index < -0.39 is 11.9 Å². The van der Waals surface area contributed by atoms with Crippen LogP contribution in [0.1, 0.15) is 46.7 Å². The summed E-state index contributed by atoms with van der Waals surface area (Å²) < 4.78 is 16.8. The van der Waals surface area contributed by atoms with Crippen LogP contribution in [0.2, 0.25) is 15.1 Å². The number of halogens is 3. The number of ether oxygens (including phenoxy) is 3. The second-order valence-corrected chi connectivity index (χ2v) is 9.55. The molecule has 0 saturated carbocycles. The van der Waals surface area contributed by atoms with Crippen molar-refractivity contribution >= 4 is 46.6 Å². The SMILES string of the molecule is COc1cc(Cl)cc(Cl)c1CCCC(=O)c1ccc(Oc2cc3c(cc2Cl)C(C(=O)[O-])CCO3)cc1.[Na+]. The number of fused-ring (bicyclic) bond motifs is 1. The number of Topliss-reactive ketones (excluding diaryl/α,β-unsaturated/α-hetero) is 1. The van der Waals surface area contributed by atoms with E-state index in [1.54, 1.807) is 49.6 Å². The molecule has 1 aliphatic heterocycles. The van der Waals surface area contributed by atoms with E-state index in [1.807, 2.05) is 0 Å². The minimum Gasteiger partial charge on any atom is -0.549 e. The van der Waals surface area contributed by atoms with Gasteiger partial charge in [0.25, 0.3) is 0 Å². The average molecular weight is 572 g/mol. The number of hydrogen-bond donors (Lipinski definition) is 0. The van der Waals surface area contributed by atoms with Crippen molar-refractivity contribution < 1.29 is 58.5 Å². The van der Waals surface area contributed by atoms with Gasteiger partial charge in [-0.3, -0.25) is 4.79 Å². The molecule has 188 valence electrons. The molecule has 10 heteroatoms. The summed E-state index contributed by atoms with van der Waals surface area (Å²) in [6.45, 7) is 0.264. The van der Waals surface area contributed by atoms with Gasteiger partial charge in [-0.2, -0.15) is 0 Å². The topological polar surface area (TPSA) is 84.9 Å². The minimum absolute atomic E-state index is 0. The van der Waals surface area contributed by atoms with Gasteiger partial charge in [-0.15, -0.1) is 0 Å². The quantitative estimate of drug-likeness (QED) is 0.290. The molecule has 37 heavy (non-hydrogen) atoms. The molecule has 0 aromatic heterocycles. The normalized spacial score (nSPS) is 14.1. The molecular weight excluding hydrogens is 550 g/mol. The van der Waals surface area contributed by atoms with Crippen LogP contribution in [-0.4, -0.2) is 25.5 Å². The number of carbonyl (C=O) groups excluding carboxylic acids is 2. The van der Waals surface area contributed by atoms with Crippen LogP contribution in [0.3, 0.4) is 0 Å². The summed E-state index contributed by atoms with van der Waals surface area (Å²) in [4.78, 5) is 24.1. The molecule has 0 spiro atoms. The zero-order chi connectivity index (χ0) is 25.8. The zero-order valence-corrected chi connectivity index (χ0v) is 24.6. The molecule has 0 bridgehead atoms. The van der Waals surface area contributed by atoms with Gasteiger partial charge in [0.1, 0.15) is 23.0 Å². The second kappa shape index (κ2) is 13.2. The van der Waals surface area contributed by atoms with Gasteiger partial charge in [0.05, 0.1) is 18.7 Å². The molecule has 0 radical (unpaired) electrons. The van der Waals surface area contributed by atoms with E-state index in [1.165, 1.54) is 6.07 Å². The van der Waals surface area contributed by atoms with Gasteiger partial charge in [0.2, 0.25) is 0 Å². The number of hydrogen-bond acceptors (Lipinski definition) is 6. The fourth-order valence-electron chi connectivity index (χ4n) is 4.12. The number of carbonyl (C=O) groups is 2. The number of ketones is 1. The largest absolute Gasteiger partial charge is 1.00 e. The van der Waals surface area contributed by atoms with Gasteiger partial charge < -0.3 is 24.1 Å². The Morgan fingerprint density at radius 1 is 1.03 bits per heavy atom. The van der Waals surface area contributed by atoms with Crippen LogP contribution in [0.4, 0.5) is 0 Å². The first-order valence-corrected chi connectivity index (χ1v) is 12.4. The molecule has 0 saturated heterocycles. The molecule has 1 unspecified atom stereocenters. The fraction of sp³-hybridized carbons (Fsp3) is 0.259. The van der Waals surface area contributed by atoms with E-state index in [0.29, 0.717) is 69.9 Å². The van der Waals surface area contributed by atoms with Gasteiger partial charge >= 0.3 is 29.6 Å². The van der Waals surface area contributed by atoms with E-state index in [-0.39, 0.29) is 47.0 Å². The summed E-state index contributed by atoms with van der Waals surface area (Å²) >= 11 is 18.6. The van der Waals surface area contributed by atoms with Crippen LogP contribution >= 0.6 is 34.8 Å². The molecule has 0 aliphatic carbocycles. The average Bonchev–Trinajstić information content (AvgIpc) is 2.85. The van der Waals surface area contributed by atoms with Crippen LogP contribution in [-0.2, 0) is 11.2 Å². The molecule has 3 aromatic rings. The van der Waals surface area contributed by atoms with Crippen molar-refractivity contribution in [3.63, 3.8) is 0 Å². The molecule has 4 rings (SSSR count). The van der Waals surface area contributed by atoms with E-state index in [2.05, 4.69) is 0 Å². The Morgan fingerprint density at radius 3 is 2.43 bits per heavy atom. The summed E-state index contributed by atoms with van der Waals surface area (Å²) in [6, 6.07) is 13.2. The van der Waals surface area contributed by atoms with Crippen LogP contribution < -0.4 is 48.9 Å². The first-order valence-electron chi connectivity index (χ1n) is 11.3. The van der Waals surface area contributed by atoms with Crippen molar-refractivity contribution in [3.8, 4) is 23.0 Å². The summed E-state index contributed by atoms with van der Waals surface area (Å²) in [5.74, 6) is -0.163. The van der Waals surface area contributed by atoms with E-state index in [9.17, 15) is 14.7 Å². The number of aliphatic carboxylic acids is 1. The molecule has 3 aromatic carbocycles. The van der Waals surface area contributed by atoms with Gasteiger partial charge in [-0.05, 0) is 61.7 Å². The summed E-state index contributed by atoms with van der Waals surface area (Å²) in [5, 5.41) is 12.7. The first kappa shape index (κ1) is 29.6. The van der Waals surface area contributed by atoms with E-state index >= 15 is 0 Å². The van der Waals surface area contributed by atoms with Crippen LogP contribution in [0, 0.1) is 0 Å². The molecule has 6 nitrogen and oxygen atoms in total. The van der Waals surface area contributed by atoms with Crippen molar-refractivity contribution in [1.82, 2.24) is 0 Å². The maximum Gasteiger partial charge on any atom is 1.00 e. The summed E-state index contributed by atoms with van der Waals surface area (Å²) in [7, 11) is 1.55. The molecule has 0 amide bonds. The number of methoxy groups -OCH3 is 1. The Morgan fingerprint density at radius 2 is 1.76 bits per heavy atom. The van der Waals surface area contributed by atoms with Crippen molar-refractivity contribution in [1.29, 1.82) is 0 Å². The van der Waals surface area contributed by atoms with Gasteiger partial charge in [0.15, 0.2) is 5.78 Å². The molecule has 0 N–H and O–H groups in total. The molecule has 0 fully saturated rings. The second-order valence-electron chi connectivity index (χ2n) is 8.30. The maximum atomic E-state index is 12.7. The predicted octanol–water partition coefficient (Wildman–Crippen LogP) is 3.27. The smallest absolute Gasteiger partial charge is 0.549 e. The van der Waals surface area contributed by atoms with Gasteiger partial charge in [-0.25, -0.2) is 0 Å². The monoisotopic (exact) mass is 570 g/mol. The third-order valence-corrected chi connectivity index (χ3v) is 6.81. The summed E-state index contributed by atoms with van der Waals surface area (Å²) in [5.41, 5.74) is 1.84. The number of rotatable bonds is 9. The van der Waals surface area contributed by atoms with Crippen molar-refractivity contribution in [2.75, 3.05) is 13.7 Å². The number of carboxylic acid groups (broad SMARTS) is 1. The predicted molar refractivity (Wildman–Crippen MR) is 136 cm³/mol. The molecule has 1 aliphatic rings. The Hall–Kier alpha value is -1.93. The van der Waals surface area contributed by atoms with E-state index in [4.69, 9.17) is 49.0 Å². The van der Waals surface area contributed by atoms with Crippen molar-refractivity contribution in [2.24, 2.45) is 0 Å². The standard InChI is InChI=1S/C27H23Cl3O6.Na/c1-34-24-12-16(28)11-21(29)19(24)3-2-4-23(31)15-5-7-17(8-6-15)36-26-14-25-20(13-22(26)30)18(27(32)33)9-10-35-25;/h5-8,11-14,18H,2-4,9-10H2,1H3,(H,32,33);/q;+1/p-1. The van der Waals surface area contributed by atoms with E-state index in [0.717, 1.165) is 5.56 Å². The minimum atomic E-state index is -1.17. The molecule has 1 atom stereocenters. The zero-order valence-electron chi connectivity index (χ0n) is 20.3. The molecule has 1 heterocycles.